The van der Waals surface area contributed by atoms with E-state index in [0.29, 0.717) is 50.4 Å². The lowest BCUT2D eigenvalue weighted by atomic mass is 9.78. The Bertz CT molecular complexity index is 698. The Hall–Kier alpha value is -2.39. The van der Waals surface area contributed by atoms with E-state index >= 15 is 0 Å². The van der Waals surface area contributed by atoms with Gasteiger partial charge in [0.05, 0.1) is 24.8 Å². The minimum Gasteiger partial charge on any atom is -0.378 e. The Kier molecular flexibility index (Phi) is 5.89. The van der Waals surface area contributed by atoms with E-state index in [4.69, 9.17) is 10.00 Å². The number of benzene rings is 1. The summed E-state index contributed by atoms with van der Waals surface area (Å²) in [7, 11) is 0. The van der Waals surface area contributed by atoms with Crippen molar-refractivity contribution < 1.29 is 14.3 Å². The lowest BCUT2D eigenvalue weighted by molar-refractivity contribution is -0.138. The number of nitrogens with one attached hydrogen (secondary N) is 1. The number of nitrogens with zero attached hydrogens (tertiary/aromatic N) is 2. The summed E-state index contributed by atoms with van der Waals surface area (Å²) < 4.78 is 5.31. The standard InChI is InChI=1S/C20H25N3O3/c21-15-16-4-3-5-17(12-16)22-18(24)13-20(6-1-2-7-20)14-19(25)23-8-10-26-11-9-23/h3-5,12H,1-2,6-11,13-14H2,(H,22,24). The van der Waals surface area contributed by atoms with Crippen LogP contribution in [-0.2, 0) is 14.3 Å². The minimum absolute atomic E-state index is 0.0863. The highest BCUT2D eigenvalue weighted by molar-refractivity contribution is 5.92. The van der Waals surface area contributed by atoms with E-state index in [2.05, 4.69) is 11.4 Å². The second-order valence-corrected chi connectivity index (χ2v) is 7.29. The summed E-state index contributed by atoms with van der Waals surface area (Å²) in [6, 6.07) is 8.97. The van der Waals surface area contributed by atoms with Crippen LogP contribution < -0.4 is 5.32 Å². The van der Waals surface area contributed by atoms with Crippen molar-refractivity contribution in [3.63, 3.8) is 0 Å². The molecule has 0 bridgehead atoms. The zero-order chi connectivity index (χ0) is 18.4. The van der Waals surface area contributed by atoms with Crippen LogP contribution >= 0.6 is 0 Å². The highest BCUT2D eigenvalue weighted by Gasteiger charge is 2.39. The molecule has 1 heterocycles. The van der Waals surface area contributed by atoms with Gasteiger partial charge in [0.15, 0.2) is 0 Å². The molecule has 1 saturated heterocycles. The van der Waals surface area contributed by atoms with E-state index in [9.17, 15) is 9.59 Å². The molecule has 1 saturated carbocycles. The van der Waals surface area contributed by atoms with Crippen LogP contribution in [0.15, 0.2) is 24.3 Å². The van der Waals surface area contributed by atoms with Crippen molar-refractivity contribution in [3.8, 4) is 6.07 Å². The molecule has 2 aliphatic rings. The Balaban J connectivity index is 1.62. The van der Waals surface area contributed by atoms with Crippen LogP contribution in [0.5, 0.6) is 0 Å². The zero-order valence-electron chi connectivity index (χ0n) is 15.0. The molecular weight excluding hydrogens is 330 g/mol. The fraction of sp³-hybridized carbons (Fsp3) is 0.550. The van der Waals surface area contributed by atoms with Crippen molar-refractivity contribution in [1.82, 2.24) is 4.90 Å². The summed E-state index contributed by atoms with van der Waals surface area (Å²) in [5.41, 5.74) is 0.898. The molecule has 1 N–H and O–H groups in total. The molecule has 2 amide bonds. The molecule has 0 radical (unpaired) electrons. The number of rotatable bonds is 5. The number of amides is 2. The van der Waals surface area contributed by atoms with Crippen LogP contribution in [-0.4, -0.2) is 43.0 Å². The van der Waals surface area contributed by atoms with Crippen LogP contribution in [0.2, 0.25) is 0 Å². The molecule has 1 aromatic rings. The Morgan fingerprint density at radius 2 is 1.92 bits per heavy atom. The molecule has 0 aromatic heterocycles. The number of carbonyl (C=O) groups excluding carboxylic acids is 2. The predicted molar refractivity (Wildman–Crippen MR) is 97.3 cm³/mol. The predicted octanol–water partition coefficient (Wildman–Crippen LogP) is 2.70. The van der Waals surface area contributed by atoms with Gasteiger partial charge in [-0.1, -0.05) is 18.9 Å². The van der Waals surface area contributed by atoms with Crippen LogP contribution in [0.4, 0.5) is 5.69 Å². The van der Waals surface area contributed by atoms with E-state index in [0.717, 1.165) is 25.7 Å². The third-order valence-electron chi connectivity index (χ3n) is 5.37. The average Bonchev–Trinajstić information content (AvgIpc) is 3.10. The molecule has 138 valence electrons. The number of ether oxygens (including phenoxy) is 1. The van der Waals surface area contributed by atoms with Crippen molar-refractivity contribution in [1.29, 1.82) is 5.26 Å². The minimum atomic E-state index is -0.244. The second-order valence-electron chi connectivity index (χ2n) is 7.29. The maximum Gasteiger partial charge on any atom is 0.224 e. The highest BCUT2D eigenvalue weighted by Crippen LogP contribution is 2.44. The summed E-state index contributed by atoms with van der Waals surface area (Å²) in [5, 5.41) is 11.9. The number of nitriles is 1. The molecule has 1 aliphatic carbocycles. The van der Waals surface area contributed by atoms with Gasteiger partial charge in [-0.25, -0.2) is 0 Å². The van der Waals surface area contributed by atoms with Gasteiger partial charge in [0, 0.05) is 31.6 Å². The molecular formula is C20H25N3O3. The normalized spacial score (nSPS) is 19.0. The van der Waals surface area contributed by atoms with Gasteiger partial charge in [-0.3, -0.25) is 9.59 Å². The third-order valence-corrected chi connectivity index (χ3v) is 5.37. The molecule has 1 aliphatic heterocycles. The summed E-state index contributed by atoms with van der Waals surface area (Å²) in [6.45, 7) is 2.47. The van der Waals surface area contributed by atoms with Crippen molar-refractivity contribution in [2.24, 2.45) is 5.41 Å². The molecule has 3 rings (SSSR count). The first-order valence-electron chi connectivity index (χ1n) is 9.26. The van der Waals surface area contributed by atoms with Gasteiger partial charge >= 0.3 is 0 Å². The van der Waals surface area contributed by atoms with E-state index in [-0.39, 0.29) is 17.2 Å². The van der Waals surface area contributed by atoms with Crippen LogP contribution in [0.3, 0.4) is 0 Å². The average molecular weight is 355 g/mol. The Morgan fingerprint density at radius 1 is 1.19 bits per heavy atom. The van der Waals surface area contributed by atoms with Gasteiger partial charge in [-0.05, 0) is 36.5 Å². The molecule has 0 atom stereocenters. The first-order chi connectivity index (χ1) is 12.6. The first-order valence-corrected chi connectivity index (χ1v) is 9.26. The third kappa shape index (κ3) is 4.61. The van der Waals surface area contributed by atoms with Crippen LogP contribution in [0, 0.1) is 16.7 Å². The van der Waals surface area contributed by atoms with Crippen molar-refractivity contribution in [2.75, 3.05) is 31.6 Å². The monoisotopic (exact) mass is 355 g/mol. The van der Waals surface area contributed by atoms with E-state index in [1.54, 1.807) is 24.3 Å². The summed E-state index contributed by atoms with van der Waals surface area (Å²) in [5.74, 6) is 0.0474. The summed E-state index contributed by atoms with van der Waals surface area (Å²) >= 11 is 0. The molecule has 26 heavy (non-hydrogen) atoms. The Labute approximate surface area is 154 Å². The highest BCUT2D eigenvalue weighted by atomic mass is 16.5. The number of morpholine rings is 1. The van der Waals surface area contributed by atoms with E-state index in [1.165, 1.54) is 0 Å². The van der Waals surface area contributed by atoms with Crippen LogP contribution in [0.1, 0.15) is 44.1 Å². The van der Waals surface area contributed by atoms with Gasteiger partial charge in [-0.2, -0.15) is 5.26 Å². The zero-order valence-corrected chi connectivity index (χ0v) is 15.0. The van der Waals surface area contributed by atoms with Gasteiger partial charge in [0.25, 0.3) is 0 Å². The smallest absolute Gasteiger partial charge is 0.224 e. The summed E-state index contributed by atoms with van der Waals surface area (Å²) in [6.07, 6.45) is 4.73. The van der Waals surface area contributed by atoms with Gasteiger partial charge in [0.1, 0.15) is 0 Å². The molecule has 1 aromatic carbocycles. The van der Waals surface area contributed by atoms with Crippen molar-refractivity contribution >= 4 is 17.5 Å². The number of hydrogen-bond acceptors (Lipinski definition) is 4. The maximum absolute atomic E-state index is 12.7. The molecule has 6 nitrogen and oxygen atoms in total. The topological polar surface area (TPSA) is 82.4 Å². The number of anilines is 1. The van der Waals surface area contributed by atoms with Crippen LogP contribution in [0.25, 0.3) is 0 Å². The van der Waals surface area contributed by atoms with Gasteiger partial charge in [0.2, 0.25) is 11.8 Å². The second kappa shape index (κ2) is 8.33. The van der Waals surface area contributed by atoms with Crippen molar-refractivity contribution in [3.05, 3.63) is 29.8 Å². The first kappa shape index (κ1) is 18.4. The quantitative estimate of drug-likeness (QED) is 0.880. The van der Waals surface area contributed by atoms with Gasteiger partial charge < -0.3 is 15.0 Å². The number of carbonyl (C=O) groups is 2. The van der Waals surface area contributed by atoms with E-state index < -0.39 is 0 Å². The number of hydrogen-bond donors (Lipinski definition) is 1. The molecule has 0 spiro atoms. The lowest BCUT2D eigenvalue weighted by Gasteiger charge is -2.33. The van der Waals surface area contributed by atoms with Crippen molar-refractivity contribution in [2.45, 2.75) is 38.5 Å². The summed E-state index contributed by atoms with van der Waals surface area (Å²) in [4.78, 5) is 27.1. The molecule has 2 fully saturated rings. The van der Waals surface area contributed by atoms with Gasteiger partial charge in [-0.15, -0.1) is 0 Å². The van der Waals surface area contributed by atoms with E-state index in [1.807, 2.05) is 4.90 Å². The molecule has 0 unspecified atom stereocenters. The SMILES string of the molecule is N#Cc1cccc(NC(=O)CC2(CC(=O)N3CCOCC3)CCCC2)c1. The Morgan fingerprint density at radius 3 is 2.62 bits per heavy atom. The lowest BCUT2D eigenvalue weighted by Crippen LogP contribution is -2.43. The maximum atomic E-state index is 12.7. The molecule has 6 heteroatoms. The largest absolute Gasteiger partial charge is 0.378 e. The fourth-order valence-electron chi connectivity index (χ4n) is 4.00. The fourth-order valence-corrected chi connectivity index (χ4v) is 4.00.